The number of hydrogen-bond acceptors (Lipinski definition) is 12. The van der Waals surface area contributed by atoms with E-state index in [1.165, 1.54) is 31.1 Å². The standard InChI is InChI=1S/C42H45N13O2/c1-41(12-10-38(56)48-40(41)57)32-6-8-33(9-7-32)53-18-16-52(17-19-53)15-11-28-2-4-30(5-3-28)35-26-54(51-50-35)36-25-45-37(21-34(36)49-42(27-44)13-14-42)55-39-31(24-47-55)20-29(22-43)23-46-39/h6-9,20-21,23-26,28,30H,2-5,10-19H2,1H3,(H,45,49)(H,48,56,57)/t28?,30?,41-/m1/s1. The molecule has 0 spiro atoms. The molecule has 2 aliphatic heterocycles. The Balaban J connectivity index is 0.786. The molecule has 0 radical (unpaired) electrons. The van der Waals surface area contributed by atoms with Gasteiger partial charge in [0.15, 0.2) is 11.5 Å². The zero-order valence-electron chi connectivity index (χ0n) is 32.1. The highest BCUT2D eigenvalue weighted by molar-refractivity contribution is 6.03. The SMILES string of the molecule is C[C@]1(c2ccc(N3CCN(CCC4CCC(c5cn(-c6cnc(-n7ncc8cc(C#N)cnc87)cc6NC6(C#N)CC6)nn5)CC4)CC3)cc2)CCC(=O)NC1=O. The molecule has 1 atom stereocenters. The minimum absolute atomic E-state index is 0.190. The number of carbonyl (C=O) groups excluding carboxylic acids is 2. The predicted molar refractivity (Wildman–Crippen MR) is 212 cm³/mol. The van der Waals surface area contributed by atoms with Crippen LogP contribution in [-0.4, -0.2) is 89.7 Å². The Morgan fingerprint density at radius 1 is 0.947 bits per heavy atom. The Bertz CT molecular complexity index is 2400. The van der Waals surface area contributed by atoms with Gasteiger partial charge in [-0.15, -0.1) is 5.10 Å². The van der Waals surface area contributed by atoms with Gasteiger partial charge in [-0.3, -0.25) is 19.8 Å². The number of fused-ring (bicyclic) bond motifs is 1. The molecule has 57 heavy (non-hydrogen) atoms. The summed E-state index contributed by atoms with van der Waals surface area (Å²) in [6, 6.07) is 16.5. The quantitative estimate of drug-likeness (QED) is 0.183. The zero-order valence-corrected chi connectivity index (χ0v) is 32.1. The summed E-state index contributed by atoms with van der Waals surface area (Å²) < 4.78 is 3.40. The molecule has 15 nitrogen and oxygen atoms in total. The van der Waals surface area contributed by atoms with Gasteiger partial charge >= 0.3 is 0 Å². The second kappa shape index (κ2) is 14.7. The molecule has 4 aromatic heterocycles. The largest absolute Gasteiger partial charge is 0.369 e. The van der Waals surface area contributed by atoms with Crippen molar-refractivity contribution in [2.45, 2.75) is 81.6 Å². The average Bonchev–Trinajstić information content (AvgIpc) is 3.62. The Morgan fingerprint density at radius 3 is 2.46 bits per heavy atom. The fourth-order valence-electron chi connectivity index (χ4n) is 8.68. The molecule has 9 rings (SSSR count). The van der Waals surface area contributed by atoms with Crippen molar-refractivity contribution in [3.05, 3.63) is 78.0 Å². The van der Waals surface area contributed by atoms with Crippen molar-refractivity contribution in [1.29, 1.82) is 10.5 Å². The molecule has 2 saturated heterocycles. The smallest absolute Gasteiger partial charge is 0.236 e. The number of nitrogens with one attached hydrogen (secondary N) is 2. The Morgan fingerprint density at radius 2 is 1.74 bits per heavy atom. The summed E-state index contributed by atoms with van der Waals surface area (Å²) >= 11 is 0. The number of pyridine rings is 2. The first-order valence-corrected chi connectivity index (χ1v) is 20.0. The number of imide groups is 1. The van der Waals surface area contributed by atoms with E-state index >= 15 is 0 Å². The molecule has 1 aromatic carbocycles. The van der Waals surface area contributed by atoms with Crippen molar-refractivity contribution in [3.63, 3.8) is 0 Å². The fourth-order valence-corrected chi connectivity index (χ4v) is 8.68. The maximum absolute atomic E-state index is 12.6. The van der Waals surface area contributed by atoms with Crippen LogP contribution in [-0.2, 0) is 15.0 Å². The normalized spacial score (nSPS) is 23.5. The van der Waals surface area contributed by atoms with E-state index in [1.54, 1.807) is 27.8 Å². The molecule has 6 heterocycles. The van der Waals surface area contributed by atoms with Crippen LogP contribution < -0.4 is 15.5 Å². The number of benzene rings is 1. The van der Waals surface area contributed by atoms with Crippen LogP contribution in [0.5, 0.6) is 0 Å². The van der Waals surface area contributed by atoms with E-state index in [4.69, 9.17) is 4.98 Å². The number of hydrogen-bond donors (Lipinski definition) is 2. The van der Waals surface area contributed by atoms with Gasteiger partial charge in [-0.05, 0) is 94.5 Å². The van der Waals surface area contributed by atoms with Crippen molar-refractivity contribution < 1.29 is 9.59 Å². The van der Waals surface area contributed by atoms with Gasteiger partial charge in [-0.2, -0.15) is 20.3 Å². The summed E-state index contributed by atoms with van der Waals surface area (Å²) in [5.41, 5.74) is 4.30. The van der Waals surface area contributed by atoms with Crippen LogP contribution in [0.2, 0.25) is 0 Å². The van der Waals surface area contributed by atoms with Crippen LogP contribution in [0.25, 0.3) is 22.5 Å². The molecule has 2 saturated carbocycles. The lowest BCUT2D eigenvalue weighted by molar-refractivity contribution is -0.137. The van der Waals surface area contributed by atoms with Crippen LogP contribution in [0.3, 0.4) is 0 Å². The number of piperidine rings is 1. The second-order valence-electron chi connectivity index (χ2n) is 16.4. The number of aromatic nitrogens is 7. The van der Waals surface area contributed by atoms with Gasteiger partial charge in [0.05, 0.1) is 47.0 Å². The van der Waals surface area contributed by atoms with Crippen LogP contribution in [0.4, 0.5) is 11.4 Å². The molecule has 5 aromatic rings. The lowest BCUT2D eigenvalue weighted by Crippen LogP contribution is -2.49. The minimum atomic E-state index is -0.669. The van der Waals surface area contributed by atoms with Crippen molar-refractivity contribution in [3.8, 4) is 23.6 Å². The first-order chi connectivity index (χ1) is 27.7. The summed E-state index contributed by atoms with van der Waals surface area (Å²) in [4.78, 5) is 38.5. The van der Waals surface area contributed by atoms with Gasteiger partial charge < -0.3 is 10.2 Å². The van der Waals surface area contributed by atoms with E-state index < -0.39 is 11.0 Å². The first-order valence-electron chi connectivity index (χ1n) is 20.0. The maximum Gasteiger partial charge on any atom is 0.236 e. The van der Waals surface area contributed by atoms with Crippen molar-refractivity contribution in [1.82, 2.24) is 45.0 Å². The summed E-state index contributed by atoms with van der Waals surface area (Å²) in [5.74, 6) is 1.18. The van der Waals surface area contributed by atoms with Gasteiger partial charge in [0.25, 0.3) is 0 Å². The van der Waals surface area contributed by atoms with E-state index in [1.807, 2.05) is 31.3 Å². The number of nitriles is 2. The van der Waals surface area contributed by atoms with Gasteiger partial charge in [-0.25, -0.2) is 14.6 Å². The van der Waals surface area contributed by atoms with E-state index in [9.17, 15) is 20.1 Å². The highest BCUT2D eigenvalue weighted by Crippen LogP contribution is 2.41. The molecule has 0 unspecified atom stereocenters. The molecule has 4 aliphatic rings. The fraction of sp³-hybridized carbons (Fsp3) is 0.452. The van der Waals surface area contributed by atoms with Crippen LogP contribution in [0.15, 0.2) is 61.2 Å². The molecule has 4 fully saturated rings. The number of nitrogens with zero attached hydrogens (tertiary/aromatic N) is 11. The topological polar surface area (TPSA) is 187 Å². The Kier molecular flexibility index (Phi) is 9.41. The van der Waals surface area contributed by atoms with E-state index in [0.29, 0.717) is 47.4 Å². The molecule has 15 heteroatoms. The number of rotatable bonds is 10. The zero-order chi connectivity index (χ0) is 39.1. The highest BCUT2D eigenvalue weighted by atomic mass is 16.2. The molecular weight excluding hydrogens is 719 g/mol. The molecule has 290 valence electrons. The van der Waals surface area contributed by atoms with Crippen molar-refractivity contribution in [2.24, 2.45) is 5.92 Å². The molecular formula is C42H45N13O2. The van der Waals surface area contributed by atoms with Gasteiger partial charge in [0.2, 0.25) is 11.8 Å². The highest BCUT2D eigenvalue weighted by Gasteiger charge is 2.44. The second-order valence-corrected chi connectivity index (χ2v) is 16.4. The Labute approximate surface area is 330 Å². The first kappa shape index (κ1) is 36.4. The molecule has 2 aliphatic carbocycles. The average molecular weight is 764 g/mol. The molecule has 0 bridgehead atoms. The Hall–Kier alpha value is -6.19. The summed E-state index contributed by atoms with van der Waals surface area (Å²) in [6.07, 6.45) is 15.1. The van der Waals surface area contributed by atoms with Gasteiger partial charge in [0.1, 0.15) is 17.3 Å². The lowest BCUT2D eigenvalue weighted by atomic mass is 9.75. The third kappa shape index (κ3) is 7.19. The van der Waals surface area contributed by atoms with E-state index in [0.717, 1.165) is 80.7 Å². The minimum Gasteiger partial charge on any atom is -0.369 e. The molecule has 2 amide bonds. The van der Waals surface area contributed by atoms with Crippen LogP contribution in [0.1, 0.15) is 87.4 Å². The monoisotopic (exact) mass is 763 g/mol. The van der Waals surface area contributed by atoms with Gasteiger partial charge in [-0.1, -0.05) is 17.3 Å². The van der Waals surface area contributed by atoms with E-state index in [-0.39, 0.29) is 11.8 Å². The lowest BCUT2D eigenvalue weighted by Gasteiger charge is -2.37. The maximum atomic E-state index is 12.6. The van der Waals surface area contributed by atoms with Crippen LogP contribution in [0, 0.1) is 28.6 Å². The number of piperazine rings is 1. The van der Waals surface area contributed by atoms with Crippen molar-refractivity contribution >= 4 is 34.2 Å². The number of carbonyl (C=O) groups is 2. The predicted octanol–water partition coefficient (Wildman–Crippen LogP) is 4.92. The third-order valence-electron chi connectivity index (χ3n) is 12.7. The van der Waals surface area contributed by atoms with Crippen molar-refractivity contribution in [2.75, 3.05) is 42.9 Å². The van der Waals surface area contributed by atoms with Gasteiger partial charge in [0, 0.05) is 61.9 Å². The number of amides is 2. The summed E-state index contributed by atoms with van der Waals surface area (Å²) in [6.45, 7) is 7.04. The van der Waals surface area contributed by atoms with Crippen LogP contribution >= 0.6 is 0 Å². The summed E-state index contributed by atoms with van der Waals surface area (Å²) in [7, 11) is 0. The third-order valence-corrected chi connectivity index (χ3v) is 12.7. The molecule has 2 N–H and O–H groups in total. The number of anilines is 2. The van der Waals surface area contributed by atoms with E-state index in [2.05, 4.69) is 65.1 Å². The summed E-state index contributed by atoms with van der Waals surface area (Å²) in [5, 5.41) is 39.6.